The number of nitrogens with zero attached hydrogens (tertiary/aromatic N) is 4. The maximum absolute atomic E-state index is 12.6. The van der Waals surface area contributed by atoms with Crippen LogP contribution in [0.15, 0.2) is 56.7 Å². The summed E-state index contributed by atoms with van der Waals surface area (Å²) in [6, 6.07) is 14.3. The molecule has 1 amide bonds. The Labute approximate surface area is 176 Å². The molecular weight excluding hydrogens is 440 g/mol. The summed E-state index contributed by atoms with van der Waals surface area (Å²) in [5.74, 6) is 1.81. The zero-order chi connectivity index (χ0) is 19.5. The summed E-state index contributed by atoms with van der Waals surface area (Å²) in [5, 5.41) is 9.40. The third-order valence-electron chi connectivity index (χ3n) is 4.67. The summed E-state index contributed by atoms with van der Waals surface area (Å²) in [6.45, 7) is 3.40. The van der Waals surface area contributed by atoms with Gasteiger partial charge in [-0.05, 0) is 53.4 Å². The summed E-state index contributed by atoms with van der Waals surface area (Å²) in [6.07, 6.45) is 2.23. The van der Waals surface area contributed by atoms with E-state index in [2.05, 4.69) is 38.3 Å². The van der Waals surface area contributed by atoms with Crippen LogP contribution in [0.25, 0.3) is 11.6 Å². The second kappa shape index (κ2) is 8.53. The van der Waals surface area contributed by atoms with Crippen LogP contribution in [0.5, 0.6) is 0 Å². The third-order valence-corrected chi connectivity index (χ3v) is 6.05. The van der Waals surface area contributed by atoms with Crippen molar-refractivity contribution in [3.8, 4) is 11.6 Å². The van der Waals surface area contributed by atoms with Crippen LogP contribution in [-0.2, 0) is 11.3 Å². The zero-order valence-electron chi connectivity index (χ0n) is 15.5. The van der Waals surface area contributed by atoms with Gasteiger partial charge in [-0.2, -0.15) is 0 Å². The number of rotatable bonds is 8. The second-order valence-electron chi connectivity index (χ2n) is 6.68. The molecule has 1 aliphatic rings. The van der Waals surface area contributed by atoms with Gasteiger partial charge in [0.15, 0.2) is 15.6 Å². The largest absolute Gasteiger partial charge is 0.446 e. The first-order chi connectivity index (χ1) is 13.7. The van der Waals surface area contributed by atoms with E-state index < -0.39 is 0 Å². The average Bonchev–Trinajstić information content (AvgIpc) is 3.32. The topological polar surface area (TPSA) is 64.2 Å². The molecular formula is C20H21BrN4O2S. The predicted molar refractivity (Wildman–Crippen MR) is 112 cm³/mol. The monoisotopic (exact) mass is 460 g/mol. The minimum absolute atomic E-state index is 0.159. The molecule has 0 spiro atoms. The molecule has 1 fully saturated rings. The Morgan fingerprint density at radius 1 is 1.25 bits per heavy atom. The van der Waals surface area contributed by atoms with E-state index in [1.54, 1.807) is 0 Å². The molecule has 0 radical (unpaired) electrons. The van der Waals surface area contributed by atoms with Crippen molar-refractivity contribution in [1.29, 1.82) is 0 Å². The highest BCUT2D eigenvalue weighted by Crippen LogP contribution is 2.30. The number of aromatic nitrogens is 3. The quantitative estimate of drug-likeness (QED) is 0.464. The molecule has 8 heteroatoms. The molecule has 0 aliphatic heterocycles. The molecule has 2 heterocycles. The standard InChI is InChI=1S/C20H21BrN4O2S/c1-2-24(15-8-9-15)18(26)13-28-20-23-22-19(16-10-11-17(21)27-16)25(20)12-14-6-4-3-5-7-14/h3-7,10-11,15H,2,8-9,12-13H2,1H3. The molecule has 0 saturated heterocycles. The van der Waals surface area contributed by atoms with Crippen molar-refractivity contribution in [2.45, 2.75) is 37.5 Å². The first-order valence-corrected chi connectivity index (χ1v) is 11.1. The van der Waals surface area contributed by atoms with Gasteiger partial charge < -0.3 is 9.32 Å². The van der Waals surface area contributed by atoms with Crippen molar-refractivity contribution in [2.24, 2.45) is 0 Å². The van der Waals surface area contributed by atoms with Crippen molar-refractivity contribution in [1.82, 2.24) is 19.7 Å². The minimum atomic E-state index is 0.159. The van der Waals surface area contributed by atoms with Crippen molar-refractivity contribution >= 4 is 33.6 Å². The third kappa shape index (κ3) is 4.33. The lowest BCUT2D eigenvalue weighted by Crippen LogP contribution is -2.34. The highest BCUT2D eigenvalue weighted by molar-refractivity contribution is 9.10. The van der Waals surface area contributed by atoms with Gasteiger partial charge in [0.05, 0.1) is 12.3 Å². The lowest BCUT2D eigenvalue weighted by Gasteiger charge is -2.20. The molecule has 0 atom stereocenters. The van der Waals surface area contributed by atoms with Crippen LogP contribution in [0, 0.1) is 0 Å². The normalized spacial score (nSPS) is 13.6. The van der Waals surface area contributed by atoms with Crippen LogP contribution in [-0.4, -0.2) is 43.9 Å². The summed E-state index contributed by atoms with van der Waals surface area (Å²) in [4.78, 5) is 14.6. The van der Waals surface area contributed by atoms with E-state index in [4.69, 9.17) is 4.42 Å². The van der Waals surface area contributed by atoms with Gasteiger partial charge in [0.2, 0.25) is 11.7 Å². The fraction of sp³-hybridized carbons (Fsp3) is 0.350. The Morgan fingerprint density at radius 3 is 2.68 bits per heavy atom. The van der Waals surface area contributed by atoms with Gasteiger partial charge in [0.25, 0.3) is 0 Å². The molecule has 146 valence electrons. The molecule has 0 bridgehead atoms. The van der Waals surface area contributed by atoms with Crippen LogP contribution < -0.4 is 0 Å². The summed E-state index contributed by atoms with van der Waals surface area (Å²) in [5.41, 5.74) is 1.13. The number of amides is 1. The summed E-state index contributed by atoms with van der Waals surface area (Å²) >= 11 is 4.77. The number of furan rings is 1. The van der Waals surface area contributed by atoms with Crippen molar-refractivity contribution in [3.63, 3.8) is 0 Å². The van der Waals surface area contributed by atoms with Crippen LogP contribution >= 0.6 is 27.7 Å². The molecule has 1 saturated carbocycles. The molecule has 28 heavy (non-hydrogen) atoms. The Kier molecular flexibility index (Phi) is 5.87. The van der Waals surface area contributed by atoms with Gasteiger partial charge in [0, 0.05) is 12.6 Å². The second-order valence-corrected chi connectivity index (χ2v) is 8.41. The van der Waals surface area contributed by atoms with E-state index in [1.807, 2.05) is 46.7 Å². The SMILES string of the molecule is CCN(C(=O)CSc1nnc(-c2ccc(Br)o2)n1Cc1ccccc1)C1CC1. The van der Waals surface area contributed by atoms with Gasteiger partial charge in [-0.25, -0.2) is 0 Å². The van der Waals surface area contributed by atoms with E-state index in [0.29, 0.717) is 39.8 Å². The number of thioether (sulfide) groups is 1. The van der Waals surface area contributed by atoms with Crippen molar-refractivity contribution in [3.05, 3.63) is 52.7 Å². The highest BCUT2D eigenvalue weighted by Gasteiger charge is 2.31. The van der Waals surface area contributed by atoms with Crippen molar-refractivity contribution < 1.29 is 9.21 Å². The Morgan fingerprint density at radius 2 is 2.04 bits per heavy atom. The van der Waals surface area contributed by atoms with Crippen LogP contribution in [0.3, 0.4) is 0 Å². The molecule has 0 N–H and O–H groups in total. The van der Waals surface area contributed by atoms with Crippen LogP contribution in [0.1, 0.15) is 25.3 Å². The number of carbonyl (C=O) groups excluding carboxylic acids is 1. The fourth-order valence-electron chi connectivity index (χ4n) is 3.15. The summed E-state index contributed by atoms with van der Waals surface area (Å²) < 4.78 is 8.34. The number of hydrogen-bond donors (Lipinski definition) is 0. The van der Waals surface area contributed by atoms with Crippen molar-refractivity contribution in [2.75, 3.05) is 12.3 Å². The Bertz CT molecular complexity index is 952. The van der Waals surface area contributed by atoms with E-state index in [-0.39, 0.29) is 5.91 Å². The van der Waals surface area contributed by atoms with E-state index >= 15 is 0 Å². The molecule has 1 aromatic carbocycles. The number of benzene rings is 1. The number of carbonyl (C=O) groups is 1. The van der Waals surface area contributed by atoms with Gasteiger partial charge in [0.1, 0.15) is 0 Å². The molecule has 4 rings (SSSR count). The van der Waals surface area contributed by atoms with Gasteiger partial charge in [-0.15, -0.1) is 10.2 Å². The number of halogens is 1. The lowest BCUT2D eigenvalue weighted by atomic mass is 10.2. The Balaban J connectivity index is 1.57. The van der Waals surface area contributed by atoms with Crippen LogP contribution in [0.2, 0.25) is 0 Å². The van der Waals surface area contributed by atoms with E-state index in [0.717, 1.165) is 24.9 Å². The van der Waals surface area contributed by atoms with Gasteiger partial charge in [-0.3, -0.25) is 9.36 Å². The average molecular weight is 461 g/mol. The van der Waals surface area contributed by atoms with E-state index in [1.165, 1.54) is 11.8 Å². The minimum Gasteiger partial charge on any atom is -0.446 e. The Hall–Kier alpha value is -2.06. The highest BCUT2D eigenvalue weighted by atomic mass is 79.9. The molecule has 2 aromatic heterocycles. The lowest BCUT2D eigenvalue weighted by molar-refractivity contribution is -0.128. The zero-order valence-corrected chi connectivity index (χ0v) is 17.9. The predicted octanol–water partition coefficient (Wildman–Crippen LogP) is 4.45. The first-order valence-electron chi connectivity index (χ1n) is 9.30. The summed E-state index contributed by atoms with van der Waals surface area (Å²) in [7, 11) is 0. The fourth-order valence-corrected chi connectivity index (χ4v) is 4.28. The maximum atomic E-state index is 12.6. The maximum Gasteiger partial charge on any atom is 0.233 e. The first kappa shape index (κ1) is 19.3. The van der Waals surface area contributed by atoms with E-state index in [9.17, 15) is 4.79 Å². The van der Waals surface area contributed by atoms with Gasteiger partial charge >= 0.3 is 0 Å². The molecule has 0 unspecified atom stereocenters. The molecule has 3 aromatic rings. The van der Waals surface area contributed by atoms with Crippen LogP contribution in [0.4, 0.5) is 0 Å². The smallest absolute Gasteiger partial charge is 0.233 e. The molecule has 6 nitrogen and oxygen atoms in total. The molecule has 1 aliphatic carbocycles. The number of hydrogen-bond acceptors (Lipinski definition) is 5. The van der Waals surface area contributed by atoms with Gasteiger partial charge in [-0.1, -0.05) is 42.1 Å².